The molecule has 0 aromatic heterocycles. The summed E-state index contributed by atoms with van der Waals surface area (Å²) in [6.45, 7) is 4.42. The maximum absolute atomic E-state index is 3.42. The molecule has 1 heterocycles. The van der Waals surface area contributed by atoms with Gasteiger partial charge in [-0.15, -0.1) is 0 Å². The van der Waals surface area contributed by atoms with Gasteiger partial charge in [0.2, 0.25) is 0 Å². The quantitative estimate of drug-likeness (QED) is 0.669. The molecule has 2 aliphatic rings. The van der Waals surface area contributed by atoms with E-state index >= 15 is 0 Å². The Kier molecular flexibility index (Phi) is 1.82. The van der Waals surface area contributed by atoms with Gasteiger partial charge in [0, 0.05) is 9.50 Å². The Hall–Kier alpha value is -0.250. The van der Waals surface area contributed by atoms with Crippen LogP contribution in [0.1, 0.15) is 13.8 Å². The van der Waals surface area contributed by atoms with E-state index < -0.39 is 0 Å². The van der Waals surface area contributed by atoms with E-state index in [4.69, 9.17) is 0 Å². The molecule has 0 aromatic carbocycles. The molecule has 0 aromatic rings. The first kappa shape index (κ1) is 8.35. The summed E-state index contributed by atoms with van der Waals surface area (Å²) in [6, 6.07) is 0. The highest BCUT2D eigenvalue weighted by Crippen LogP contribution is 2.37. The van der Waals surface area contributed by atoms with Crippen LogP contribution >= 0.6 is 22.6 Å². The van der Waals surface area contributed by atoms with Gasteiger partial charge < -0.3 is 5.32 Å². The van der Waals surface area contributed by atoms with E-state index in [2.05, 4.69) is 66.2 Å². The van der Waals surface area contributed by atoms with E-state index in [-0.39, 0.29) is 5.54 Å². The molecule has 1 nitrogen and oxygen atoms in total. The van der Waals surface area contributed by atoms with Crippen molar-refractivity contribution in [1.82, 2.24) is 5.32 Å². The third-order valence-corrected chi connectivity index (χ3v) is 3.30. The molecule has 64 valence electrons. The largest absolute Gasteiger partial charge is 0.381 e. The van der Waals surface area contributed by atoms with Gasteiger partial charge in [-0.25, -0.2) is 0 Å². The molecule has 0 saturated carbocycles. The van der Waals surface area contributed by atoms with E-state index in [1.807, 2.05) is 0 Å². The van der Waals surface area contributed by atoms with Gasteiger partial charge in [0.25, 0.3) is 0 Å². The number of rotatable bonds is 0. The average molecular weight is 273 g/mol. The zero-order chi connectivity index (χ0) is 8.77. The Morgan fingerprint density at radius 1 is 1.58 bits per heavy atom. The van der Waals surface area contributed by atoms with Crippen LogP contribution in [-0.2, 0) is 0 Å². The summed E-state index contributed by atoms with van der Waals surface area (Å²) in [4.78, 5) is 0. The van der Waals surface area contributed by atoms with Gasteiger partial charge in [-0.1, -0.05) is 12.2 Å². The maximum Gasteiger partial charge on any atom is 0.0636 e. The van der Waals surface area contributed by atoms with Crippen molar-refractivity contribution < 1.29 is 0 Å². The minimum atomic E-state index is 0.134. The summed E-state index contributed by atoms with van der Waals surface area (Å²) in [6.07, 6.45) is 8.90. The Bertz CT molecular complexity index is 301. The van der Waals surface area contributed by atoms with E-state index in [9.17, 15) is 0 Å². The molecule has 0 bridgehead atoms. The number of allylic oxidation sites excluding steroid dienone is 2. The lowest BCUT2D eigenvalue weighted by Gasteiger charge is -2.31. The van der Waals surface area contributed by atoms with Crippen LogP contribution in [0.4, 0.5) is 0 Å². The molecule has 1 aliphatic carbocycles. The van der Waals surface area contributed by atoms with Crippen molar-refractivity contribution in [3.8, 4) is 0 Å². The molecule has 1 N–H and O–H groups in total. The molecule has 0 radical (unpaired) electrons. The fourth-order valence-corrected chi connectivity index (χ4v) is 2.78. The number of nitrogens with one attached hydrogen (secondary N) is 1. The lowest BCUT2D eigenvalue weighted by molar-refractivity contribution is 0.449. The van der Waals surface area contributed by atoms with Crippen molar-refractivity contribution in [3.63, 3.8) is 0 Å². The smallest absolute Gasteiger partial charge is 0.0636 e. The lowest BCUT2D eigenvalue weighted by atomic mass is 9.81. The van der Waals surface area contributed by atoms with Crippen LogP contribution < -0.4 is 5.32 Å². The van der Waals surface area contributed by atoms with E-state index in [0.717, 1.165) is 0 Å². The standard InChI is InChI=1S/C10H12IN/c1-7-6-12-10(2)5-8(11)3-4-9(7)10/h3-6,9,12H,1-2H3. The van der Waals surface area contributed by atoms with Crippen molar-refractivity contribution in [2.75, 3.05) is 0 Å². The zero-order valence-corrected chi connectivity index (χ0v) is 9.42. The Balaban J connectivity index is 2.38. The first-order valence-electron chi connectivity index (χ1n) is 4.13. The predicted octanol–water partition coefficient (Wildman–Crippen LogP) is 2.76. The zero-order valence-electron chi connectivity index (χ0n) is 7.26. The molecule has 0 amide bonds. The molecule has 0 fully saturated rings. The second kappa shape index (κ2) is 2.62. The number of hydrogen-bond donors (Lipinski definition) is 1. The fraction of sp³-hybridized carbons (Fsp3) is 0.400. The van der Waals surface area contributed by atoms with Gasteiger partial charge in [0.05, 0.1) is 5.54 Å². The summed E-state index contributed by atoms with van der Waals surface area (Å²) >= 11 is 2.36. The molecule has 0 saturated heterocycles. The SMILES string of the molecule is CC1=CNC2(C)C=C(I)C=CC12. The normalized spacial score (nSPS) is 38.4. The van der Waals surface area contributed by atoms with Crippen LogP contribution in [-0.4, -0.2) is 5.54 Å². The molecular formula is C10H12IN. The highest BCUT2D eigenvalue weighted by Gasteiger charge is 2.36. The molecule has 2 heteroatoms. The molecular weight excluding hydrogens is 261 g/mol. The third-order valence-electron chi connectivity index (χ3n) is 2.63. The van der Waals surface area contributed by atoms with Gasteiger partial charge in [-0.05, 0) is 54.3 Å². The highest BCUT2D eigenvalue weighted by molar-refractivity contribution is 14.1. The number of hydrogen-bond acceptors (Lipinski definition) is 1. The number of fused-ring (bicyclic) bond motifs is 1. The maximum atomic E-state index is 3.42. The van der Waals surface area contributed by atoms with Gasteiger partial charge >= 0.3 is 0 Å². The molecule has 2 atom stereocenters. The summed E-state index contributed by atoms with van der Waals surface area (Å²) < 4.78 is 1.32. The van der Waals surface area contributed by atoms with Gasteiger partial charge in [-0.3, -0.25) is 0 Å². The van der Waals surface area contributed by atoms with E-state index in [1.165, 1.54) is 9.15 Å². The van der Waals surface area contributed by atoms with Gasteiger partial charge in [0.1, 0.15) is 0 Å². The molecule has 0 spiro atoms. The van der Waals surface area contributed by atoms with Gasteiger partial charge in [0.15, 0.2) is 0 Å². The highest BCUT2D eigenvalue weighted by atomic mass is 127. The minimum absolute atomic E-state index is 0.134. The predicted molar refractivity (Wildman–Crippen MR) is 60.0 cm³/mol. The van der Waals surface area contributed by atoms with E-state index in [1.54, 1.807) is 0 Å². The Morgan fingerprint density at radius 3 is 3.08 bits per heavy atom. The van der Waals surface area contributed by atoms with Crippen molar-refractivity contribution in [2.45, 2.75) is 19.4 Å². The van der Waals surface area contributed by atoms with Gasteiger partial charge in [-0.2, -0.15) is 0 Å². The van der Waals surface area contributed by atoms with Crippen LogP contribution in [0.3, 0.4) is 0 Å². The summed E-state index contributed by atoms with van der Waals surface area (Å²) in [5.41, 5.74) is 1.56. The second-order valence-corrected chi connectivity index (χ2v) is 4.93. The number of halogens is 1. The van der Waals surface area contributed by atoms with E-state index in [0.29, 0.717) is 5.92 Å². The molecule has 2 rings (SSSR count). The first-order chi connectivity index (χ1) is 5.62. The van der Waals surface area contributed by atoms with Crippen molar-refractivity contribution >= 4 is 22.6 Å². The van der Waals surface area contributed by atoms with Crippen molar-refractivity contribution in [3.05, 3.63) is 33.6 Å². The monoisotopic (exact) mass is 273 g/mol. The third kappa shape index (κ3) is 1.13. The second-order valence-electron chi connectivity index (χ2n) is 3.68. The van der Waals surface area contributed by atoms with Crippen LogP contribution in [0.15, 0.2) is 33.6 Å². The summed E-state index contributed by atoms with van der Waals surface area (Å²) in [5.74, 6) is 0.552. The van der Waals surface area contributed by atoms with Crippen LogP contribution in [0.2, 0.25) is 0 Å². The van der Waals surface area contributed by atoms with Crippen LogP contribution in [0, 0.1) is 5.92 Å². The molecule has 2 unspecified atom stereocenters. The van der Waals surface area contributed by atoms with Crippen LogP contribution in [0.25, 0.3) is 0 Å². The Morgan fingerprint density at radius 2 is 2.33 bits per heavy atom. The topological polar surface area (TPSA) is 12.0 Å². The molecule has 1 aliphatic heterocycles. The Labute approximate surface area is 86.8 Å². The average Bonchev–Trinajstić information content (AvgIpc) is 2.27. The first-order valence-corrected chi connectivity index (χ1v) is 5.21. The minimum Gasteiger partial charge on any atom is -0.381 e. The van der Waals surface area contributed by atoms with Crippen LogP contribution in [0.5, 0.6) is 0 Å². The molecule has 12 heavy (non-hydrogen) atoms. The summed E-state index contributed by atoms with van der Waals surface area (Å²) in [7, 11) is 0. The lowest BCUT2D eigenvalue weighted by Crippen LogP contribution is -2.40. The fourth-order valence-electron chi connectivity index (χ4n) is 1.93. The van der Waals surface area contributed by atoms with Crippen molar-refractivity contribution in [2.24, 2.45) is 5.92 Å². The van der Waals surface area contributed by atoms with Crippen molar-refractivity contribution in [1.29, 1.82) is 0 Å². The summed E-state index contributed by atoms with van der Waals surface area (Å²) in [5, 5.41) is 3.42.